The number of thioether (sulfide) groups is 1. The summed E-state index contributed by atoms with van der Waals surface area (Å²) in [5.41, 5.74) is 9.04. The summed E-state index contributed by atoms with van der Waals surface area (Å²) in [5.74, 6) is 0. The zero-order valence-corrected chi connectivity index (χ0v) is 12.5. The molecule has 0 heterocycles. The van der Waals surface area contributed by atoms with Crippen molar-refractivity contribution in [3.8, 4) is 0 Å². The van der Waals surface area contributed by atoms with Gasteiger partial charge in [-0.25, -0.2) is 0 Å². The van der Waals surface area contributed by atoms with Gasteiger partial charge in [0.2, 0.25) is 0 Å². The Morgan fingerprint density at radius 2 is 2.22 bits per heavy atom. The minimum absolute atomic E-state index is 0.473. The molecule has 0 radical (unpaired) electrons. The third-order valence-corrected chi connectivity index (χ3v) is 4.83. The molecule has 0 amide bonds. The maximum atomic E-state index is 5.80. The smallest absolute Gasteiger partial charge is 0.106 e. The summed E-state index contributed by atoms with van der Waals surface area (Å²) in [6.45, 7) is 2.06. The lowest BCUT2D eigenvalue weighted by Crippen LogP contribution is -2.20. The zero-order valence-electron chi connectivity index (χ0n) is 10.9. The average molecular weight is 280 g/mol. The topological polar surface area (TPSA) is 38.0 Å². The van der Waals surface area contributed by atoms with Crippen LogP contribution in [0.5, 0.6) is 0 Å². The van der Waals surface area contributed by atoms with Crippen LogP contribution in [0.2, 0.25) is 0 Å². The lowest BCUT2D eigenvalue weighted by molar-refractivity contribution is 0.757. The van der Waals surface area contributed by atoms with Crippen molar-refractivity contribution in [2.45, 2.75) is 37.5 Å². The first kappa shape index (κ1) is 13.7. The van der Waals surface area contributed by atoms with Crippen molar-refractivity contribution >= 4 is 34.7 Å². The number of benzene rings is 1. The van der Waals surface area contributed by atoms with Gasteiger partial charge in [-0.2, -0.15) is 11.8 Å². The van der Waals surface area contributed by atoms with Gasteiger partial charge in [-0.3, -0.25) is 0 Å². The summed E-state index contributed by atoms with van der Waals surface area (Å²) < 4.78 is 0. The fraction of sp³-hybridized carbons (Fsp3) is 0.500. The molecular weight excluding hydrogens is 260 g/mol. The Kier molecular flexibility index (Phi) is 4.51. The molecular formula is C14H20N2S2. The second-order valence-corrected chi connectivity index (χ2v) is 6.50. The van der Waals surface area contributed by atoms with Gasteiger partial charge in [0.05, 0.1) is 0 Å². The molecule has 2 unspecified atom stereocenters. The number of anilines is 1. The number of aryl methyl sites for hydroxylation is 1. The standard InChI is InChI=1S/C14H20N2S2/c1-9-3-6-13(12(7-9)14(15)17)16-10-4-5-11(8-10)18-2/h3,6-7,10-11,16H,4-5,8H2,1-2H3,(H2,15,17). The molecule has 18 heavy (non-hydrogen) atoms. The third-order valence-electron chi connectivity index (χ3n) is 3.52. The lowest BCUT2D eigenvalue weighted by Gasteiger charge is -2.17. The van der Waals surface area contributed by atoms with E-state index in [4.69, 9.17) is 18.0 Å². The molecule has 0 saturated heterocycles. The SMILES string of the molecule is CSC1CCC(Nc2ccc(C)cc2C(N)=S)C1. The Balaban J connectivity index is 2.12. The Morgan fingerprint density at radius 1 is 1.44 bits per heavy atom. The van der Waals surface area contributed by atoms with Gasteiger partial charge in [0, 0.05) is 22.5 Å². The van der Waals surface area contributed by atoms with Crippen molar-refractivity contribution in [1.82, 2.24) is 0 Å². The molecule has 98 valence electrons. The van der Waals surface area contributed by atoms with Crippen molar-refractivity contribution in [3.05, 3.63) is 29.3 Å². The van der Waals surface area contributed by atoms with Crippen LogP contribution in [0.3, 0.4) is 0 Å². The van der Waals surface area contributed by atoms with E-state index in [9.17, 15) is 0 Å². The van der Waals surface area contributed by atoms with Gasteiger partial charge in [-0.05, 0) is 44.6 Å². The van der Waals surface area contributed by atoms with Crippen LogP contribution in [0.15, 0.2) is 18.2 Å². The molecule has 0 bridgehead atoms. The van der Waals surface area contributed by atoms with Crippen LogP contribution in [0.1, 0.15) is 30.4 Å². The average Bonchev–Trinajstić information content (AvgIpc) is 2.79. The second kappa shape index (κ2) is 5.93. The van der Waals surface area contributed by atoms with Gasteiger partial charge in [0.15, 0.2) is 0 Å². The summed E-state index contributed by atoms with van der Waals surface area (Å²) in [7, 11) is 0. The third kappa shape index (κ3) is 3.18. The summed E-state index contributed by atoms with van der Waals surface area (Å²) >= 11 is 7.10. The van der Waals surface area contributed by atoms with Gasteiger partial charge in [-0.1, -0.05) is 23.8 Å². The van der Waals surface area contributed by atoms with E-state index in [1.807, 2.05) is 11.8 Å². The molecule has 2 atom stereocenters. The van der Waals surface area contributed by atoms with Crippen LogP contribution in [0.25, 0.3) is 0 Å². The van der Waals surface area contributed by atoms with E-state index >= 15 is 0 Å². The highest BCUT2D eigenvalue weighted by Crippen LogP contribution is 2.31. The largest absolute Gasteiger partial charge is 0.389 e. The Bertz CT molecular complexity index is 445. The number of rotatable bonds is 4. The van der Waals surface area contributed by atoms with Gasteiger partial charge in [0.1, 0.15) is 4.99 Å². The van der Waals surface area contributed by atoms with Gasteiger partial charge in [0.25, 0.3) is 0 Å². The minimum Gasteiger partial charge on any atom is -0.389 e. The predicted octanol–water partition coefficient (Wildman–Crippen LogP) is 3.33. The molecule has 0 aliphatic heterocycles. The van der Waals surface area contributed by atoms with E-state index in [2.05, 4.69) is 36.7 Å². The maximum Gasteiger partial charge on any atom is 0.106 e. The molecule has 0 spiro atoms. The zero-order chi connectivity index (χ0) is 13.1. The highest BCUT2D eigenvalue weighted by Gasteiger charge is 2.24. The van der Waals surface area contributed by atoms with E-state index in [-0.39, 0.29) is 0 Å². The van der Waals surface area contributed by atoms with Crippen molar-refractivity contribution in [3.63, 3.8) is 0 Å². The summed E-state index contributed by atoms with van der Waals surface area (Å²) in [6.07, 6.45) is 5.95. The Labute approximate surface area is 119 Å². The van der Waals surface area contributed by atoms with Crippen LogP contribution >= 0.6 is 24.0 Å². The van der Waals surface area contributed by atoms with Crippen molar-refractivity contribution < 1.29 is 0 Å². The lowest BCUT2D eigenvalue weighted by atomic mass is 10.1. The monoisotopic (exact) mass is 280 g/mol. The molecule has 1 aromatic rings. The van der Waals surface area contributed by atoms with E-state index in [0.29, 0.717) is 11.0 Å². The predicted molar refractivity (Wildman–Crippen MR) is 85.6 cm³/mol. The van der Waals surface area contributed by atoms with Crippen molar-refractivity contribution in [2.75, 3.05) is 11.6 Å². The second-order valence-electron chi connectivity index (χ2n) is 4.93. The quantitative estimate of drug-likeness (QED) is 0.830. The van der Waals surface area contributed by atoms with Gasteiger partial charge >= 0.3 is 0 Å². The first-order valence-corrected chi connectivity index (χ1v) is 7.99. The van der Waals surface area contributed by atoms with Crippen LogP contribution in [-0.4, -0.2) is 22.5 Å². The van der Waals surface area contributed by atoms with E-state index in [0.717, 1.165) is 16.5 Å². The highest BCUT2D eigenvalue weighted by molar-refractivity contribution is 7.99. The molecule has 1 aliphatic rings. The summed E-state index contributed by atoms with van der Waals surface area (Å²) in [5, 5.41) is 4.39. The Hall–Kier alpha value is -0.740. The summed E-state index contributed by atoms with van der Waals surface area (Å²) in [6, 6.07) is 6.81. The van der Waals surface area contributed by atoms with Crippen LogP contribution in [0, 0.1) is 6.92 Å². The van der Waals surface area contributed by atoms with Crippen LogP contribution < -0.4 is 11.1 Å². The number of hydrogen-bond acceptors (Lipinski definition) is 3. The molecule has 0 aromatic heterocycles. The molecule has 2 rings (SSSR count). The number of thiocarbonyl (C=S) groups is 1. The van der Waals surface area contributed by atoms with Crippen LogP contribution in [0.4, 0.5) is 5.69 Å². The van der Waals surface area contributed by atoms with Crippen molar-refractivity contribution in [1.29, 1.82) is 0 Å². The van der Waals surface area contributed by atoms with E-state index < -0.39 is 0 Å². The van der Waals surface area contributed by atoms with Gasteiger partial charge < -0.3 is 11.1 Å². The minimum atomic E-state index is 0.473. The van der Waals surface area contributed by atoms with E-state index in [1.54, 1.807) is 0 Å². The fourth-order valence-corrected chi connectivity index (χ4v) is 3.46. The number of nitrogens with one attached hydrogen (secondary N) is 1. The number of nitrogens with two attached hydrogens (primary N) is 1. The molecule has 1 aliphatic carbocycles. The van der Waals surface area contributed by atoms with Crippen molar-refractivity contribution in [2.24, 2.45) is 5.73 Å². The molecule has 1 fully saturated rings. The Morgan fingerprint density at radius 3 is 2.83 bits per heavy atom. The first-order valence-electron chi connectivity index (χ1n) is 6.30. The number of hydrogen-bond donors (Lipinski definition) is 2. The maximum absolute atomic E-state index is 5.80. The van der Waals surface area contributed by atoms with E-state index in [1.165, 1.54) is 24.8 Å². The molecule has 3 N–H and O–H groups in total. The highest BCUT2D eigenvalue weighted by atomic mass is 32.2. The van der Waals surface area contributed by atoms with Crippen LogP contribution in [-0.2, 0) is 0 Å². The molecule has 1 aromatic carbocycles. The molecule has 2 nitrogen and oxygen atoms in total. The summed E-state index contributed by atoms with van der Waals surface area (Å²) in [4.78, 5) is 0.473. The molecule has 1 saturated carbocycles. The molecule has 4 heteroatoms. The van der Waals surface area contributed by atoms with Gasteiger partial charge in [-0.15, -0.1) is 0 Å². The first-order chi connectivity index (χ1) is 8.60. The normalized spacial score (nSPS) is 23.0. The fourth-order valence-electron chi connectivity index (χ4n) is 2.49.